The van der Waals surface area contributed by atoms with Crippen LogP contribution in [0.4, 0.5) is 5.95 Å². The minimum Gasteiger partial charge on any atom is -0.354 e. The van der Waals surface area contributed by atoms with Gasteiger partial charge < -0.3 is 5.32 Å². The zero-order valence-electron chi connectivity index (χ0n) is 10.1. The molecule has 1 N–H and O–H groups in total. The fourth-order valence-corrected chi connectivity index (χ4v) is 2.17. The smallest absolute Gasteiger partial charge is 0.223 e. The molecule has 17 heavy (non-hydrogen) atoms. The van der Waals surface area contributed by atoms with Crippen molar-refractivity contribution in [3.63, 3.8) is 0 Å². The first-order valence-electron chi connectivity index (χ1n) is 5.74. The lowest BCUT2D eigenvalue weighted by atomic mass is 10.2. The number of hydrogen-bond donors (Lipinski definition) is 1. The average Bonchev–Trinajstić information content (AvgIpc) is 2.78. The van der Waals surface area contributed by atoms with Crippen LogP contribution >= 0.6 is 11.3 Å². The van der Waals surface area contributed by atoms with Crippen LogP contribution < -0.4 is 5.32 Å². The van der Waals surface area contributed by atoms with Crippen molar-refractivity contribution >= 4 is 17.3 Å². The van der Waals surface area contributed by atoms with Crippen molar-refractivity contribution in [3.05, 3.63) is 34.0 Å². The predicted molar refractivity (Wildman–Crippen MR) is 70.5 cm³/mol. The lowest BCUT2D eigenvalue weighted by Gasteiger charge is -2.06. The third-order valence-corrected chi connectivity index (χ3v) is 3.04. The average molecular weight is 248 g/mol. The molecule has 0 aliphatic rings. The van der Waals surface area contributed by atoms with Crippen molar-refractivity contribution < 1.29 is 0 Å². The van der Waals surface area contributed by atoms with Crippen LogP contribution in [0.25, 0.3) is 0 Å². The van der Waals surface area contributed by atoms with E-state index in [0.29, 0.717) is 0 Å². The Kier molecular flexibility index (Phi) is 4.03. The maximum Gasteiger partial charge on any atom is 0.223 e. The third-order valence-electron chi connectivity index (χ3n) is 2.26. The lowest BCUT2D eigenvalue weighted by molar-refractivity contribution is 0.925. The molecule has 0 fully saturated rings. The van der Waals surface area contributed by atoms with Gasteiger partial charge >= 0.3 is 0 Å². The summed E-state index contributed by atoms with van der Waals surface area (Å²) in [5, 5.41) is 6.29. The Hall–Kier alpha value is -1.49. The highest BCUT2D eigenvalue weighted by atomic mass is 32.1. The van der Waals surface area contributed by atoms with E-state index in [1.807, 2.05) is 24.6 Å². The Balaban J connectivity index is 2.13. The molecule has 0 aliphatic carbocycles. The zero-order chi connectivity index (χ0) is 12.1. The van der Waals surface area contributed by atoms with Crippen LogP contribution in [-0.2, 0) is 6.42 Å². The summed E-state index contributed by atoms with van der Waals surface area (Å²) in [5.74, 6) is 0.721. The van der Waals surface area contributed by atoms with E-state index in [2.05, 4.69) is 27.2 Å². The number of aryl methyl sites for hydroxylation is 1. The number of nitrogens with zero attached hydrogens (tertiary/aromatic N) is 3. The standard InChI is InChI=1S/C12H16N4S/c1-3-4-14-12-15-9(2)7-10(16-12)8-11-13-5-6-17-11/h5-7H,3-4,8H2,1-2H3,(H,14,15,16). The number of hydrogen-bond acceptors (Lipinski definition) is 5. The molecule has 0 radical (unpaired) electrons. The van der Waals surface area contributed by atoms with E-state index < -0.39 is 0 Å². The fourth-order valence-electron chi connectivity index (χ4n) is 1.54. The van der Waals surface area contributed by atoms with Crippen LogP contribution in [0, 0.1) is 6.92 Å². The molecule has 0 aliphatic heterocycles. The van der Waals surface area contributed by atoms with Gasteiger partial charge in [-0.1, -0.05) is 6.92 Å². The van der Waals surface area contributed by atoms with Crippen molar-refractivity contribution in [2.24, 2.45) is 0 Å². The first-order chi connectivity index (χ1) is 8.28. The van der Waals surface area contributed by atoms with E-state index in [1.54, 1.807) is 11.3 Å². The van der Waals surface area contributed by atoms with Gasteiger partial charge in [0.2, 0.25) is 5.95 Å². The van der Waals surface area contributed by atoms with E-state index in [0.717, 1.165) is 41.7 Å². The molecular formula is C12H16N4S. The monoisotopic (exact) mass is 248 g/mol. The Bertz CT molecular complexity index is 467. The number of rotatable bonds is 5. The van der Waals surface area contributed by atoms with E-state index in [9.17, 15) is 0 Å². The van der Waals surface area contributed by atoms with E-state index in [1.165, 1.54) is 0 Å². The second-order valence-electron chi connectivity index (χ2n) is 3.85. The number of anilines is 1. The molecule has 5 heteroatoms. The Morgan fingerprint density at radius 2 is 2.24 bits per heavy atom. The van der Waals surface area contributed by atoms with Gasteiger partial charge in [-0.25, -0.2) is 15.0 Å². The molecule has 90 valence electrons. The highest BCUT2D eigenvalue weighted by Gasteiger charge is 2.04. The van der Waals surface area contributed by atoms with Crippen molar-refractivity contribution in [2.45, 2.75) is 26.7 Å². The molecule has 2 aromatic rings. The highest BCUT2D eigenvalue weighted by molar-refractivity contribution is 7.09. The summed E-state index contributed by atoms with van der Waals surface area (Å²) in [5.41, 5.74) is 2.01. The summed E-state index contributed by atoms with van der Waals surface area (Å²) in [4.78, 5) is 13.1. The quantitative estimate of drug-likeness (QED) is 0.883. The van der Waals surface area contributed by atoms with Crippen molar-refractivity contribution in [2.75, 3.05) is 11.9 Å². The number of thiazole rings is 1. The zero-order valence-corrected chi connectivity index (χ0v) is 10.9. The normalized spacial score (nSPS) is 10.5. The molecule has 0 bridgehead atoms. The molecule has 4 nitrogen and oxygen atoms in total. The minimum atomic E-state index is 0.721. The van der Waals surface area contributed by atoms with Crippen molar-refractivity contribution in [1.29, 1.82) is 0 Å². The molecule has 0 aromatic carbocycles. The van der Waals surface area contributed by atoms with Gasteiger partial charge in [0.15, 0.2) is 0 Å². The van der Waals surface area contributed by atoms with Crippen LogP contribution in [0.3, 0.4) is 0 Å². The van der Waals surface area contributed by atoms with Crippen LogP contribution in [-0.4, -0.2) is 21.5 Å². The summed E-state index contributed by atoms with van der Waals surface area (Å²) in [6.07, 6.45) is 3.67. The van der Waals surface area contributed by atoms with Gasteiger partial charge in [-0.15, -0.1) is 11.3 Å². The highest BCUT2D eigenvalue weighted by Crippen LogP contribution is 2.12. The molecule has 0 saturated heterocycles. The molecule has 0 spiro atoms. The molecular weight excluding hydrogens is 232 g/mol. The summed E-state index contributed by atoms with van der Waals surface area (Å²) < 4.78 is 0. The van der Waals surface area contributed by atoms with Gasteiger partial charge in [0.1, 0.15) is 0 Å². The second kappa shape index (κ2) is 5.72. The summed E-state index contributed by atoms with van der Waals surface area (Å²) in [6, 6.07) is 2.01. The van der Waals surface area contributed by atoms with Gasteiger partial charge in [-0.2, -0.15) is 0 Å². The predicted octanol–water partition coefficient (Wildman–Crippen LogP) is 2.65. The van der Waals surface area contributed by atoms with E-state index in [4.69, 9.17) is 0 Å². The van der Waals surface area contributed by atoms with Crippen LogP contribution in [0.2, 0.25) is 0 Å². The third kappa shape index (κ3) is 3.49. The van der Waals surface area contributed by atoms with Crippen LogP contribution in [0.5, 0.6) is 0 Å². The SMILES string of the molecule is CCCNc1nc(C)cc(Cc2nccs2)n1. The number of aromatic nitrogens is 3. The Morgan fingerprint density at radius 1 is 1.35 bits per heavy atom. The van der Waals surface area contributed by atoms with E-state index >= 15 is 0 Å². The molecule has 0 amide bonds. The van der Waals surface area contributed by atoms with Crippen molar-refractivity contribution in [1.82, 2.24) is 15.0 Å². The Morgan fingerprint density at radius 3 is 2.94 bits per heavy atom. The van der Waals surface area contributed by atoms with Crippen LogP contribution in [0.15, 0.2) is 17.6 Å². The van der Waals surface area contributed by atoms with Gasteiger partial charge in [0.05, 0.1) is 10.7 Å². The first kappa shape index (κ1) is 12.0. The maximum absolute atomic E-state index is 4.49. The van der Waals surface area contributed by atoms with Gasteiger partial charge in [-0.05, 0) is 19.4 Å². The summed E-state index contributed by atoms with van der Waals surface area (Å²) in [7, 11) is 0. The molecule has 0 atom stereocenters. The lowest BCUT2D eigenvalue weighted by Crippen LogP contribution is -2.07. The summed E-state index contributed by atoms with van der Waals surface area (Å²) >= 11 is 1.66. The van der Waals surface area contributed by atoms with E-state index in [-0.39, 0.29) is 0 Å². The maximum atomic E-state index is 4.49. The molecule has 2 aromatic heterocycles. The molecule has 0 unspecified atom stereocenters. The second-order valence-corrected chi connectivity index (χ2v) is 4.83. The first-order valence-corrected chi connectivity index (χ1v) is 6.62. The van der Waals surface area contributed by atoms with Gasteiger partial charge in [0.25, 0.3) is 0 Å². The molecule has 0 saturated carbocycles. The molecule has 2 rings (SSSR count). The largest absolute Gasteiger partial charge is 0.354 e. The van der Waals surface area contributed by atoms with Gasteiger partial charge in [-0.3, -0.25) is 0 Å². The van der Waals surface area contributed by atoms with Crippen LogP contribution in [0.1, 0.15) is 29.7 Å². The Labute approximate surface area is 105 Å². The summed E-state index contributed by atoms with van der Waals surface area (Å²) in [6.45, 7) is 5.02. The van der Waals surface area contributed by atoms with Crippen molar-refractivity contribution in [3.8, 4) is 0 Å². The molecule has 2 heterocycles. The number of nitrogens with one attached hydrogen (secondary N) is 1. The minimum absolute atomic E-state index is 0.721. The van der Waals surface area contributed by atoms with Gasteiger partial charge in [0, 0.05) is 30.2 Å². The topological polar surface area (TPSA) is 50.7 Å². The fraction of sp³-hybridized carbons (Fsp3) is 0.417.